The first kappa shape index (κ1) is 17.9. The van der Waals surface area contributed by atoms with Crippen LogP contribution in [0, 0.1) is 12.8 Å². The number of rotatable bonds is 6. The maximum absolute atomic E-state index is 12.9. The first-order valence-corrected chi connectivity index (χ1v) is 9.26. The lowest BCUT2D eigenvalue weighted by Crippen LogP contribution is -2.30. The fourth-order valence-electron chi connectivity index (χ4n) is 2.97. The minimum Gasteiger partial charge on any atom is -0.338 e. The van der Waals surface area contributed by atoms with Crippen LogP contribution in [0.4, 0.5) is 5.69 Å². The summed E-state index contributed by atoms with van der Waals surface area (Å²) in [7, 11) is 0. The Morgan fingerprint density at radius 2 is 1.89 bits per heavy atom. The zero-order valence-electron chi connectivity index (χ0n) is 15.5. The number of nitrogens with one attached hydrogen (secondary N) is 3. The van der Waals surface area contributed by atoms with Gasteiger partial charge in [-0.05, 0) is 43.5 Å². The molecule has 1 heterocycles. The van der Waals surface area contributed by atoms with Crippen LogP contribution in [0.15, 0.2) is 54.6 Å². The van der Waals surface area contributed by atoms with Gasteiger partial charge in [-0.25, -0.2) is 4.98 Å². The molecule has 1 saturated carbocycles. The molecule has 28 heavy (non-hydrogen) atoms. The average Bonchev–Trinajstić information content (AvgIpc) is 3.48. The molecular formula is C21H21N5O2. The Hall–Kier alpha value is -3.48. The Balaban J connectivity index is 1.55. The molecular weight excluding hydrogens is 354 g/mol. The Bertz CT molecular complexity index is 995. The monoisotopic (exact) mass is 375 g/mol. The van der Waals surface area contributed by atoms with E-state index in [0.29, 0.717) is 22.9 Å². The van der Waals surface area contributed by atoms with Crippen LogP contribution in [0.2, 0.25) is 0 Å². The number of aryl methyl sites for hydroxylation is 1. The number of H-pyrrole nitrogens is 1. The van der Waals surface area contributed by atoms with Gasteiger partial charge in [0.2, 0.25) is 5.91 Å². The SMILES string of the molecule is Cc1nc(C(NC(=O)c2cccc(NC(=O)C3CC3)c2)c2ccccc2)n[nH]1. The summed E-state index contributed by atoms with van der Waals surface area (Å²) in [4.78, 5) is 29.3. The number of carbonyl (C=O) groups excluding carboxylic acids is 2. The van der Waals surface area contributed by atoms with Crippen molar-refractivity contribution in [3.05, 3.63) is 77.4 Å². The van der Waals surface area contributed by atoms with Gasteiger partial charge < -0.3 is 10.6 Å². The van der Waals surface area contributed by atoms with Gasteiger partial charge in [0.25, 0.3) is 5.91 Å². The molecule has 0 radical (unpaired) electrons. The summed E-state index contributed by atoms with van der Waals surface area (Å²) >= 11 is 0. The van der Waals surface area contributed by atoms with Crippen LogP contribution in [0.5, 0.6) is 0 Å². The topological polar surface area (TPSA) is 99.8 Å². The van der Waals surface area contributed by atoms with E-state index in [9.17, 15) is 9.59 Å². The fraction of sp³-hybridized carbons (Fsp3) is 0.238. The molecule has 1 fully saturated rings. The predicted octanol–water partition coefficient (Wildman–Crippen LogP) is 2.98. The van der Waals surface area contributed by atoms with Crippen molar-refractivity contribution in [3.8, 4) is 0 Å². The lowest BCUT2D eigenvalue weighted by atomic mass is 10.1. The molecule has 2 aromatic carbocycles. The average molecular weight is 375 g/mol. The van der Waals surface area contributed by atoms with Gasteiger partial charge in [0.1, 0.15) is 11.9 Å². The van der Waals surface area contributed by atoms with E-state index in [1.54, 1.807) is 24.3 Å². The van der Waals surface area contributed by atoms with Gasteiger partial charge in [0.15, 0.2) is 5.82 Å². The second kappa shape index (κ2) is 7.64. The third-order valence-corrected chi connectivity index (χ3v) is 4.62. The van der Waals surface area contributed by atoms with E-state index in [1.165, 1.54) is 0 Å². The highest BCUT2D eigenvalue weighted by Gasteiger charge is 2.29. The molecule has 7 nitrogen and oxygen atoms in total. The van der Waals surface area contributed by atoms with E-state index in [2.05, 4.69) is 25.8 Å². The number of aromatic nitrogens is 3. The quantitative estimate of drug-likeness (QED) is 0.617. The molecule has 3 N–H and O–H groups in total. The number of anilines is 1. The summed E-state index contributed by atoms with van der Waals surface area (Å²) in [5.74, 6) is 1.02. The molecule has 1 aromatic heterocycles. The number of aromatic amines is 1. The molecule has 2 amide bonds. The molecule has 3 aromatic rings. The number of amides is 2. The Kier molecular flexibility index (Phi) is 4.89. The third kappa shape index (κ3) is 4.09. The standard InChI is InChI=1S/C21H21N5O2/c1-13-22-19(26-25-13)18(14-6-3-2-4-7-14)24-21(28)16-8-5-9-17(12-16)23-20(27)15-10-11-15/h2-9,12,15,18H,10-11H2,1H3,(H,23,27)(H,24,28)(H,22,25,26). The van der Waals surface area contributed by atoms with E-state index in [1.807, 2.05) is 37.3 Å². The second-order valence-electron chi connectivity index (χ2n) is 6.94. The highest BCUT2D eigenvalue weighted by atomic mass is 16.2. The van der Waals surface area contributed by atoms with Crippen LogP contribution in [0.25, 0.3) is 0 Å². The van der Waals surface area contributed by atoms with Crippen molar-refractivity contribution in [1.82, 2.24) is 20.5 Å². The maximum atomic E-state index is 12.9. The number of benzene rings is 2. The van der Waals surface area contributed by atoms with Gasteiger partial charge in [-0.15, -0.1) is 0 Å². The summed E-state index contributed by atoms with van der Waals surface area (Å²) < 4.78 is 0. The first-order chi connectivity index (χ1) is 13.6. The first-order valence-electron chi connectivity index (χ1n) is 9.26. The van der Waals surface area contributed by atoms with E-state index >= 15 is 0 Å². The van der Waals surface area contributed by atoms with Crippen LogP contribution in [0.1, 0.15) is 46.5 Å². The van der Waals surface area contributed by atoms with E-state index in [0.717, 1.165) is 18.4 Å². The molecule has 1 unspecified atom stereocenters. The number of hydrogen-bond donors (Lipinski definition) is 3. The molecule has 1 aliphatic rings. The van der Waals surface area contributed by atoms with Crippen LogP contribution in [-0.2, 0) is 4.79 Å². The molecule has 7 heteroatoms. The highest BCUT2D eigenvalue weighted by molar-refractivity contribution is 5.98. The lowest BCUT2D eigenvalue weighted by molar-refractivity contribution is -0.117. The van der Waals surface area contributed by atoms with Gasteiger partial charge in [0.05, 0.1) is 0 Å². The molecule has 1 atom stereocenters. The van der Waals surface area contributed by atoms with Crippen molar-refractivity contribution in [2.24, 2.45) is 5.92 Å². The fourth-order valence-corrected chi connectivity index (χ4v) is 2.97. The molecule has 0 spiro atoms. The smallest absolute Gasteiger partial charge is 0.252 e. The number of hydrogen-bond acceptors (Lipinski definition) is 4. The van der Waals surface area contributed by atoms with E-state index in [-0.39, 0.29) is 17.7 Å². The molecule has 1 aliphatic carbocycles. The van der Waals surface area contributed by atoms with E-state index in [4.69, 9.17) is 0 Å². The van der Waals surface area contributed by atoms with Crippen molar-refractivity contribution in [2.75, 3.05) is 5.32 Å². The van der Waals surface area contributed by atoms with Crippen molar-refractivity contribution in [2.45, 2.75) is 25.8 Å². The maximum Gasteiger partial charge on any atom is 0.252 e. The van der Waals surface area contributed by atoms with Crippen LogP contribution < -0.4 is 10.6 Å². The van der Waals surface area contributed by atoms with E-state index < -0.39 is 6.04 Å². The molecule has 0 saturated heterocycles. The van der Waals surface area contributed by atoms with Gasteiger partial charge in [-0.2, -0.15) is 5.10 Å². The zero-order valence-corrected chi connectivity index (χ0v) is 15.5. The summed E-state index contributed by atoms with van der Waals surface area (Å²) in [5, 5.41) is 12.9. The zero-order chi connectivity index (χ0) is 19.5. The summed E-state index contributed by atoms with van der Waals surface area (Å²) in [6.07, 6.45) is 1.86. The summed E-state index contributed by atoms with van der Waals surface area (Å²) in [6.45, 7) is 1.81. The minimum absolute atomic E-state index is 0.0101. The predicted molar refractivity (Wildman–Crippen MR) is 105 cm³/mol. The minimum atomic E-state index is -0.483. The largest absolute Gasteiger partial charge is 0.338 e. The van der Waals surface area contributed by atoms with Crippen LogP contribution in [0.3, 0.4) is 0 Å². The molecule has 0 aliphatic heterocycles. The van der Waals surface area contributed by atoms with Crippen molar-refractivity contribution in [1.29, 1.82) is 0 Å². The second-order valence-corrected chi connectivity index (χ2v) is 6.94. The Morgan fingerprint density at radius 1 is 1.11 bits per heavy atom. The lowest BCUT2D eigenvalue weighted by Gasteiger charge is -2.17. The number of carbonyl (C=O) groups is 2. The summed E-state index contributed by atoms with van der Waals surface area (Å²) in [6, 6.07) is 16.0. The van der Waals surface area contributed by atoms with Crippen molar-refractivity contribution >= 4 is 17.5 Å². The normalized spacial score (nSPS) is 14.3. The molecule has 4 rings (SSSR count). The Morgan fingerprint density at radius 3 is 2.57 bits per heavy atom. The summed E-state index contributed by atoms with van der Waals surface area (Å²) in [5.41, 5.74) is 1.96. The Labute approximate surface area is 162 Å². The number of nitrogens with zero attached hydrogens (tertiary/aromatic N) is 2. The van der Waals surface area contributed by atoms with Crippen LogP contribution >= 0.6 is 0 Å². The molecule has 142 valence electrons. The van der Waals surface area contributed by atoms with Gasteiger partial charge in [0, 0.05) is 17.2 Å². The van der Waals surface area contributed by atoms with Crippen LogP contribution in [-0.4, -0.2) is 27.0 Å². The van der Waals surface area contributed by atoms with Crippen molar-refractivity contribution < 1.29 is 9.59 Å². The van der Waals surface area contributed by atoms with Gasteiger partial charge >= 0.3 is 0 Å². The van der Waals surface area contributed by atoms with Gasteiger partial charge in [-0.1, -0.05) is 36.4 Å². The van der Waals surface area contributed by atoms with Gasteiger partial charge in [-0.3, -0.25) is 14.7 Å². The third-order valence-electron chi connectivity index (χ3n) is 4.62. The molecule has 0 bridgehead atoms. The van der Waals surface area contributed by atoms with Crippen molar-refractivity contribution in [3.63, 3.8) is 0 Å². The highest BCUT2D eigenvalue weighted by Crippen LogP contribution is 2.30.